The van der Waals surface area contributed by atoms with Crippen LogP contribution in [0.4, 0.5) is 17.1 Å². The van der Waals surface area contributed by atoms with Crippen LogP contribution in [-0.4, -0.2) is 4.57 Å². The van der Waals surface area contributed by atoms with Crippen LogP contribution in [0.5, 0.6) is 0 Å². The molecule has 12 aromatic carbocycles. The Morgan fingerprint density at radius 2 is 0.680 bits per heavy atom. The van der Waals surface area contributed by atoms with Crippen LogP contribution in [-0.2, 0) is 5.41 Å². The van der Waals surface area contributed by atoms with Crippen molar-refractivity contribution in [2.24, 2.45) is 0 Å². The predicted molar refractivity (Wildman–Crippen MR) is 315 cm³/mol. The molecule has 2 nitrogen and oxygen atoms in total. The molecule has 1 aliphatic carbocycles. The maximum atomic E-state index is 2.45. The van der Waals surface area contributed by atoms with Crippen molar-refractivity contribution in [2.45, 2.75) is 5.41 Å². The zero-order valence-electron chi connectivity index (χ0n) is 41.3. The Morgan fingerprint density at radius 3 is 1.31 bits per heavy atom. The average Bonchev–Trinajstić information content (AvgIpc) is 4.04. The second kappa shape index (κ2) is 18.4. The quantitative estimate of drug-likeness (QED) is 0.133. The number of aromatic nitrogens is 1. The molecule has 1 heterocycles. The van der Waals surface area contributed by atoms with Crippen molar-refractivity contribution in [3.63, 3.8) is 0 Å². The highest BCUT2D eigenvalue weighted by molar-refractivity contribution is 6.10. The average molecular weight is 955 g/mol. The van der Waals surface area contributed by atoms with E-state index in [2.05, 4.69) is 313 Å². The Labute approximate surface area is 438 Å². The predicted octanol–water partition coefficient (Wildman–Crippen LogP) is 19.3. The van der Waals surface area contributed by atoms with Crippen LogP contribution in [0.25, 0.3) is 83.1 Å². The highest BCUT2D eigenvalue weighted by Gasteiger charge is 2.46. The monoisotopic (exact) mass is 954 g/mol. The molecular formula is C73H50N2. The molecule has 1 aromatic heterocycles. The van der Waals surface area contributed by atoms with Crippen molar-refractivity contribution >= 4 is 38.9 Å². The third kappa shape index (κ3) is 7.49. The largest absolute Gasteiger partial charge is 0.310 e. The van der Waals surface area contributed by atoms with Gasteiger partial charge in [-0.05, 0) is 157 Å². The summed E-state index contributed by atoms with van der Waals surface area (Å²) in [6, 6.07) is 111. The molecule has 0 unspecified atom stereocenters. The van der Waals surface area contributed by atoms with Gasteiger partial charge in [-0.3, -0.25) is 0 Å². The van der Waals surface area contributed by atoms with Crippen LogP contribution in [0.2, 0.25) is 0 Å². The normalized spacial score (nSPS) is 12.4. The summed E-state index contributed by atoms with van der Waals surface area (Å²) in [4.78, 5) is 2.42. The molecule has 0 amide bonds. The Balaban J connectivity index is 0.840. The van der Waals surface area contributed by atoms with E-state index >= 15 is 0 Å². The summed E-state index contributed by atoms with van der Waals surface area (Å²) in [6.45, 7) is 0. The summed E-state index contributed by atoms with van der Waals surface area (Å²) in [7, 11) is 0. The van der Waals surface area contributed by atoms with Crippen LogP contribution >= 0.6 is 0 Å². The number of anilines is 3. The van der Waals surface area contributed by atoms with E-state index in [1.54, 1.807) is 0 Å². The van der Waals surface area contributed by atoms with E-state index in [-0.39, 0.29) is 0 Å². The molecule has 14 rings (SSSR count). The van der Waals surface area contributed by atoms with Gasteiger partial charge in [-0.15, -0.1) is 0 Å². The fourth-order valence-electron chi connectivity index (χ4n) is 12.0. The number of fused-ring (bicyclic) bond motifs is 6. The molecule has 0 spiro atoms. The Hall–Kier alpha value is -9.76. The first-order valence-corrected chi connectivity index (χ1v) is 25.9. The number of hydrogen-bond acceptors (Lipinski definition) is 1. The summed E-state index contributed by atoms with van der Waals surface area (Å²) in [5.41, 5.74) is 23.4. The van der Waals surface area contributed by atoms with Crippen molar-refractivity contribution in [1.82, 2.24) is 4.57 Å². The molecule has 0 saturated carbocycles. The third-order valence-corrected chi connectivity index (χ3v) is 15.5. The molecule has 2 heteroatoms. The van der Waals surface area contributed by atoms with Crippen molar-refractivity contribution in [1.29, 1.82) is 0 Å². The van der Waals surface area contributed by atoms with Crippen LogP contribution in [0, 0.1) is 0 Å². The molecule has 0 radical (unpaired) electrons. The number of para-hydroxylation sites is 2. The molecule has 0 atom stereocenters. The molecule has 13 aromatic rings. The first-order valence-electron chi connectivity index (χ1n) is 25.9. The fraction of sp³-hybridized carbons (Fsp3) is 0.0137. The Bertz CT molecular complexity index is 4160. The standard InChI is InChI=1S/C73H50N2/c1-5-19-51(20-6-1)52-35-40-62(41-36-52)74(64-44-45-66-65-31-13-15-33-69(65)73(70(66)50-64,59-25-7-2-8-26-59)60-27-9-3-10-28-60)63-42-37-53(38-43-63)54-21-17-22-55(47-54)56-23-18-24-57(48-56)58-39-46-72-68(49-58)67-32-14-16-34-71(67)75(72)61-29-11-4-12-30-61/h1-50H. The van der Waals surface area contributed by atoms with Crippen molar-refractivity contribution < 1.29 is 0 Å². The van der Waals surface area contributed by atoms with Gasteiger partial charge in [0.15, 0.2) is 0 Å². The lowest BCUT2D eigenvalue weighted by atomic mass is 9.67. The zero-order chi connectivity index (χ0) is 49.7. The summed E-state index contributed by atoms with van der Waals surface area (Å²) >= 11 is 0. The van der Waals surface area contributed by atoms with Gasteiger partial charge in [-0.1, -0.05) is 224 Å². The second-order valence-corrected chi connectivity index (χ2v) is 19.6. The molecular weight excluding hydrogens is 905 g/mol. The molecule has 0 saturated heterocycles. The maximum Gasteiger partial charge on any atom is 0.0714 e. The molecule has 0 N–H and O–H groups in total. The molecule has 75 heavy (non-hydrogen) atoms. The van der Waals surface area contributed by atoms with Crippen LogP contribution in [0.1, 0.15) is 22.3 Å². The van der Waals surface area contributed by atoms with Gasteiger partial charge in [0.25, 0.3) is 0 Å². The van der Waals surface area contributed by atoms with Gasteiger partial charge < -0.3 is 9.47 Å². The van der Waals surface area contributed by atoms with Crippen LogP contribution in [0.15, 0.2) is 303 Å². The number of benzene rings is 12. The first kappa shape index (κ1) is 44.0. The smallest absolute Gasteiger partial charge is 0.0714 e. The third-order valence-electron chi connectivity index (χ3n) is 15.5. The number of hydrogen-bond donors (Lipinski definition) is 0. The minimum absolute atomic E-state index is 0.514. The van der Waals surface area contributed by atoms with Crippen molar-refractivity contribution in [2.75, 3.05) is 4.90 Å². The highest BCUT2D eigenvalue weighted by Crippen LogP contribution is 2.57. The van der Waals surface area contributed by atoms with Gasteiger partial charge in [-0.2, -0.15) is 0 Å². The molecule has 1 aliphatic rings. The van der Waals surface area contributed by atoms with Crippen molar-refractivity contribution in [3.8, 4) is 61.3 Å². The van der Waals surface area contributed by atoms with Gasteiger partial charge in [0, 0.05) is 33.5 Å². The van der Waals surface area contributed by atoms with E-state index in [1.807, 2.05) is 0 Å². The maximum absolute atomic E-state index is 2.45. The van der Waals surface area contributed by atoms with Gasteiger partial charge in [0.05, 0.1) is 16.4 Å². The lowest BCUT2D eigenvalue weighted by molar-refractivity contribution is 0.768. The molecule has 0 bridgehead atoms. The van der Waals surface area contributed by atoms with Gasteiger partial charge >= 0.3 is 0 Å². The first-order chi connectivity index (χ1) is 37.2. The van der Waals surface area contributed by atoms with E-state index < -0.39 is 5.41 Å². The van der Waals surface area contributed by atoms with Crippen molar-refractivity contribution in [3.05, 3.63) is 326 Å². The van der Waals surface area contributed by atoms with Gasteiger partial charge in [0.1, 0.15) is 0 Å². The molecule has 352 valence electrons. The fourth-order valence-corrected chi connectivity index (χ4v) is 12.0. The summed E-state index contributed by atoms with van der Waals surface area (Å²) in [5, 5.41) is 2.50. The Morgan fingerprint density at radius 1 is 0.253 bits per heavy atom. The van der Waals surface area contributed by atoms with E-state index in [0.29, 0.717) is 0 Å². The second-order valence-electron chi connectivity index (χ2n) is 19.6. The summed E-state index contributed by atoms with van der Waals surface area (Å²) in [5.74, 6) is 0. The molecule has 0 aliphatic heterocycles. The minimum Gasteiger partial charge on any atom is -0.310 e. The number of nitrogens with zero attached hydrogens (tertiary/aromatic N) is 2. The zero-order valence-corrected chi connectivity index (χ0v) is 41.3. The van der Waals surface area contributed by atoms with E-state index in [0.717, 1.165) is 22.6 Å². The lowest BCUT2D eigenvalue weighted by Crippen LogP contribution is -2.28. The van der Waals surface area contributed by atoms with E-state index in [9.17, 15) is 0 Å². The van der Waals surface area contributed by atoms with E-state index in [1.165, 1.54) is 99.8 Å². The van der Waals surface area contributed by atoms with Crippen LogP contribution in [0.3, 0.4) is 0 Å². The summed E-state index contributed by atoms with van der Waals surface area (Å²) < 4.78 is 2.37. The van der Waals surface area contributed by atoms with Gasteiger partial charge in [-0.25, -0.2) is 0 Å². The highest BCUT2D eigenvalue weighted by atomic mass is 15.1. The lowest BCUT2D eigenvalue weighted by Gasteiger charge is -2.35. The van der Waals surface area contributed by atoms with E-state index in [4.69, 9.17) is 0 Å². The molecule has 0 fully saturated rings. The summed E-state index contributed by atoms with van der Waals surface area (Å²) in [6.07, 6.45) is 0. The topological polar surface area (TPSA) is 8.17 Å². The van der Waals surface area contributed by atoms with Gasteiger partial charge in [0.2, 0.25) is 0 Å². The Kier molecular flexibility index (Phi) is 10.8. The number of rotatable bonds is 10. The SMILES string of the molecule is c1ccc(-c2ccc(N(c3ccc(-c4cccc(-c5cccc(-c6ccc7c(c6)c6ccccc6n7-c6ccccc6)c5)c4)cc3)c3ccc4c(c3)C(c3ccccc3)(c3ccccc3)c3ccccc3-4)cc2)cc1. The minimum atomic E-state index is -0.514. The van der Waals surface area contributed by atoms with Crippen LogP contribution < -0.4 is 4.90 Å².